The van der Waals surface area contributed by atoms with Gasteiger partial charge in [-0.1, -0.05) is 0 Å². The topological polar surface area (TPSA) is 70.7 Å². The molecule has 0 aromatic carbocycles. The molecule has 2 N–H and O–H groups in total. The SMILES string of the molecule is Cl.O=C(NCC1CCCN(C(=O)[C@@H]2CCCO2)C1)C1CCCN1. The largest absolute Gasteiger partial charge is 0.368 e. The van der Waals surface area contributed by atoms with E-state index in [9.17, 15) is 9.59 Å². The van der Waals surface area contributed by atoms with Crippen LogP contribution < -0.4 is 10.6 Å². The fourth-order valence-corrected chi connectivity index (χ4v) is 3.68. The van der Waals surface area contributed by atoms with E-state index in [0.717, 1.165) is 58.2 Å². The quantitative estimate of drug-likeness (QED) is 0.786. The third kappa shape index (κ3) is 4.81. The van der Waals surface area contributed by atoms with Crippen LogP contribution in [0.4, 0.5) is 0 Å². The van der Waals surface area contributed by atoms with Crippen LogP contribution in [-0.2, 0) is 14.3 Å². The van der Waals surface area contributed by atoms with Crippen molar-refractivity contribution in [3.05, 3.63) is 0 Å². The third-order valence-electron chi connectivity index (χ3n) is 4.98. The van der Waals surface area contributed by atoms with Gasteiger partial charge in [-0.25, -0.2) is 0 Å². The van der Waals surface area contributed by atoms with E-state index in [1.807, 2.05) is 4.90 Å². The Labute approximate surface area is 144 Å². The predicted octanol–water partition coefficient (Wildman–Crippen LogP) is 0.694. The molecule has 0 spiro atoms. The number of amides is 2. The zero-order chi connectivity index (χ0) is 15.4. The Bertz CT molecular complexity index is 409. The Kier molecular flexibility index (Phi) is 7.11. The molecule has 3 atom stereocenters. The van der Waals surface area contributed by atoms with Gasteiger partial charge in [0.15, 0.2) is 0 Å². The van der Waals surface area contributed by atoms with Crippen LogP contribution in [0.1, 0.15) is 38.5 Å². The molecule has 3 heterocycles. The molecule has 0 aliphatic carbocycles. The summed E-state index contributed by atoms with van der Waals surface area (Å²) in [5.41, 5.74) is 0. The van der Waals surface area contributed by atoms with Gasteiger partial charge >= 0.3 is 0 Å². The molecule has 0 saturated carbocycles. The Morgan fingerprint density at radius 3 is 2.74 bits per heavy atom. The highest BCUT2D eigenvalue weighted by molar-refractivity contribution is 5.85. The zero-order valence-electron chi connectivity index (χ0n) is 13.6. The van der Waals surface area contributed by atoms with Crippen LogP contribution in [0, 0.1) is 5.92 Å². The van der Waals surface area contributed by atoms with Crippen molar-refractivity contribution >= 4 is 24.2 Å². The van der Waals surface area contributed by atoms with Crippen LogP contribution in [0.5, 0.6) is 0 Å². The number of nitrogens with zero attached hydrogens (tertiary/aromatic N) is 1. The fraction of sp³-hybridized carbons (Fsp3) is 0.875. The molecule has 6 nitrogen and oxygen atoms in total. The number of hydrogen-bond donors (Lipinski definition) is 2. The molecule has 3 saturated heterocycles. The van der Waals surface area contributed by atoms with Gasteiger partial charge in [-0.2, -0.15) is 0 Å². The van der Waals surface area contributed by atoms with E-state index < -0.39 is 0 Å². The number of piperidine rings is 1. The second kappa shape index (κ2) is 8.85. The highest BCUT2D eigenvalue weighted by atomic mass is 35.5. The van der Waals surface area contributed by atoms with Crippen molar-refractivity contribution in [2.24, 2.45) is 5.92 Å². The van der Waals surface area contributed by atoms with Crippen LogP contribution in [0.3, 0.4) is 0 Å². The second-order valence-corrected chi connectivity index (χ2v) is 6.69. The fourth-order valence-electron chi connectivity index (χ4n) is 3.68. The summed E-state index contributed by atoms with van der Waals surface area (Å²) in [6.07, 6.45) is 5.71. The predicted molar refractivity (Wildman–Crippen MR) is 89.6 cm³/mol. The molecule has 0 aromatic heterocycles. The molecule has 0 aromatic rings. The lowest BCUT2D eigenvalue weighted by Gasteiger charge is -2.34. The molecular formula is C16H28ClN3O3. The lowest BCUT2D eigenvalue weighted by molar-refractivity contribution is -0.142. The highest BCUT2D eigenvalue weighted by Crippen LogP contribution is 2.21. The lowest BCUT2D eigenvalue weighted by Crippen LogP contribution is -2.48. The summed E-state index contributed by atoms with van der Waals surface area (Å²) >= 11 is 0. The van der Waals surface area contributed by atoms with Crippen LogP contribution in [-0.4, -0.2) is 61.6 Å². The monoisotopic (exact) mass is 345 g/mol. The first kappa shape index (κ1) is 18.5. The Morgan fingerprint density at radius 2 is 2.04 bits per heavy atom. The molecule has 0 radical (unpaired) electrons. The van der Waals surface area contributed by atoms with E-state index in [0.29, 0.717) is 19.1 Å². The molecule has 3 aliphatic heterocycles. The number of halogens is 1. The van der Waals surface area contributed by atoms with Crippen LogP contribution >= 0.6 is 12.4 Å². The summed E-state index contributed by atoms with van der Waals surface area (Å²) in [5, 5.41) is 6.27. The van der Waals surface area contributed by atoms with Gasteiger partial charge in [0.05, 0.1) is 6.04 Å². The van der Waals surface area contributed by atoms with Crippen LogP contribution in [0.25, 0.3) is 0 Å². The maximum Gasteiger partial charge on any atom is 0.251 e. The van der Waals surface area contributed by atoms with Gasteiger partial charge in [-0.15, -0.1) is 12.4 Å². The third-order valence-corrected chi connectivity index (χ3v) is 4.98. The first-order valence-electron chi connectivity index (χ1n) is 8.65. The first-order chi connectivity index (χ1) is 10.7. The average Bonchev–Trinajstić information content (AvgIpc) is 3.25. The van der Waals surface area contributed by atoms with Gasteiger partial charge in [-0.3, -0.25) is 9.59 Å². The molecule has 2 unspecified atom stereocenters. The Morgan fingerprint density at radius 1 is 1.17 bits per heavy atom. The van der Waals surface area contributed by atoms with Crippen molar-refractivity contribution < 1.29 is 14.3 Å². The van der Waals surface area contributed by atoms with Gasteiger partial charge < -0.3 is 20.3 Å². The normalized spacial score (nSPS) is 30.8. The van der Waals surface area contributed by atoms with Gasteiger partial charge in [-0.05, 0) is 51.0 Å². The Hall–Kier alpha value is -0.850. The Balaban J connectivity index is 0.00000192. The summed E-state index contributed by atoms with van der Waals surface area (Å²) in [6, 6.07) is -0.0202. The smallest absolute Gasteiger partial charge is 0.251 e. The zero-order valence-corrected chi connectivity index (χ0v) is 14.4. The summed E-state index contributed by atoms with van der Waals surface area (Å²) < 4.78 is 5.50. The molecule has 3 rings (SSSR count). The number of carbonyl (C=O) groups is 2. The van der Waals surface area contributed by atoms with Gasteiger partial charge in [0.2, 0.25) is 5.91 Å². The van der Waals surface area contributed by atoms with E-state index in [2.05, 4.69) is 10.6 Å². The number of ether oxygens (including phenoxy) is 1. The van der Waals surface area contributed by atoms with Crippen molar-refractivity contribution in [3.8, 4) is 0 Å². The van der Waals surface area contributed by atoms with Crippen LogP contribution in [0.15, 0.2) is 0 Å². The maximum absolute atomic E-state index is 12.4. The lowest BCUT2D eigenvalue weighted by atomic mass is 9.97. The van der Waals surface area contributed by atoms with E-state index >= 15 is 0 Å². The van der Waals surface area contributed by atoms with E-state index in [1.54, 1.807) is 0 Å². The van der Waals surface area contributed by atoms with E-state index in [-0.39, 0.29) is 36.4 Å². The molecule has 2 amide bonds. The summed E-state index contributed by atoms with van der Waals surface area (Å²) in [4.78, 5) is 26.4. The van der Waals surface area contributed by atoms with Crippen molar-refractivity contribution in [1.82, 2.24) is 15.5 Å². The number of hydrogen-bond acceptors (Lipinski definition) is 4. The molecular weight excluding hydrogens is 318 g/mol. The number of nitrogens with one attached hydrogen (secondary N) is 2. The van der Waals surface area contributed by atoms with Crippen molar-refractivity contribution in [3.63, 3.8) is 0 Å². The van der Waals surface area contributed by atoms with Crippen molar-refractivity contribution in [2.75, 3.05) is 32.8 Å². The molecule has 3 aliphatic rings. The number of carbonyl (C=O) groups excluding carboxylic acids is 2. The molecule has 3 fully saturated rings. The highest BCUT2D eigenvalue weighted by Gasteiger charge is 2.31. The van der Waals surface area contributed by atoms with Crippen molar-refractivity contribution in [1.29, 1.82) is 0 Å². The van der Waals surface area contributed by atoms with Gasteiger partial charge in [0.25, 0.3) is 5.91 Å². The maximum atomic E-state index is 12.4. The first-order valence-corrected chi connectivity index (χ1v) is 8.65. The van der Waals surface area contributed by atoms with Crippen molar-refractivity contribution in [2.45, 2.75) is 50.7 Å². The minimum Gasteiger partial charge on any atom is -0.368 e. The minimum atomic E-state index is -0.226. The molecule has 132 valence electrons. The summed E-state index contributed by atoms with van der Waals surface area (Å²) in [5.74, 6) is 0.621. The summed E-state index contributed by atoms with van der Waals surface area (Å²) in [6.45, 7) is 3.89. The van der Waals surface area contributed by atoms with E-state index in [4.69, 9.17) is 4.74 Å². The van der Waals surface area contributed by atoms with E-state index in [1.165, 1.54) is 0 Å². The molecule has 0 bridgehead atoms. The van der Waals surface area contributed by atoms with Gasteiger partial charge in [0.1, 0.15) is 6.10 Å². The molecule has 7 heteroatoms. The van der Waals surface area contributed by atoms with Crippen LogP contribution in [0.2, 0.25) is 0 Å². The number of likely N-dealkylation sites (tertiary alicyclic amines) is 1. The average molecular weight is 346 g/mol. The standard InChI is InChI=1S/C16H27N3O3.ClH/c20-15(13-5-1-7-17-13)18-10-12-4-2-8-19(11-12)16(21)14-6-3-9-22-14;/h12-14,17H,1-11H2,(H,18,20);1H/t12?,13?,14-;/m0./s1. The summed E-state index contributed by atoms with van der Waals surface area (Å²) in [7, 11) is 0. The minimum absolute atomic E-state index is 0. The second-order valence-electron chi connectivity index (χ2n) is 6.69. The molecule has 23 heavy (non-hydrogen) atoms. The number of rotatable bonds is 4. The van der Waals surface area contributed by atoms with Gasteiger partial charge in [0, 0.05) is 26.2 Å².